The molecule has 0 unspecified atom stereocenters. The van der Waals surface area contributed by atoms with Crippen LogP contribution in [0.4, 0.5) is 11.6 Å². The van der Waals surface area contributed by atoms with Crippen LogP contribution in [0, 0.1) is 10.8 Å². The average Bonchev–Trinajstić information content (AvgIpc) is 2.57. The lowest BCUT2D eigenvalue weighted by Crippen LogP contribution is -2.27. The Kier molecular flexibility index (Phi) is 8.87. The number of nitrogens with zero attached hydrogens (tertiary/aromatic N) is 2. The lowest BCUT2D eigenvalue weighted by atomic mass is 9.96. The van der Waals surface area contributed by atoms with Crippen LogP contribution in [0.2, 0.25) is 15.1 Å². The molecular weight excluding hydrogens is 435 g/mol. The van der Waals surface area contributed by atoms with Gasteiger partial charge in [0, 0.05) is 34.3 Å². The number of hydrogen-bond donors (Lipinski definition) is 2. The van der Waals surface area contributed by atoms with Crippen molar-refractivity contribution >= 4 is 58.3 Å². The maximum atomic E-state index is 11.6. The van der Waals surface area contributed by atoms with Crippen LogP contribution in [0.3, 0.4) is 0 Å². The van der Waals surface area contributed by atoms with E-state index in [1.165, 1.54) is 12.3 Å². The van der Waals surface area contributed by atoms with Crippen LogP contribution < -0.4 is 10.6 Å². The molecule has 2 amide bonds. The van der Waals surface area contributed by atoms with E-state index in [4.69, 9.17) is 34.8 Å². The first-order valence-corrected chi connectivity index (χ1v) is 9.89. The van der Waals surface area contributed by atoms with Crippen molar-refractivity contribution in [2.45, 2.75) is 41.5 Å². The standard InChI is InChI=1S/C10H12Cl2N2O.C10H13ClN2O/c1-10(2,3)9(15)14-8-4-6(11)7(12)5-13-8;1-10(2,3)9(14)13-8-6-7(11)4-5-12-8/h4-5H,1-3H3,(H,13,14,15);4-6H,1-3H3,(H,12,13,14). The van der Waals surface area contributed by atoms with Crippen LogP contribution in [0.1, 0.15) is 41.5 Å². The molecule has 2 rings (SSSR count). The second kappa shape index (κ2) is 10.2. The first kappa shape index (κ1) is 25.1. The molecule has 0 saturated carbocycles. The van der Waals surface area contributed by atoms with Gasteiger partial charge in [0.2, 0.25) is 11.8 Å². The summed E-state index contributed by atoms with van der Waals surface area (Å²) in [5, 5.41) is 6.64. The van der Waals surface area contributed by atoms with E-state index in [9.17, 15) is 9.59 Å². The molecular formula is C20H25Cl3N4O2. The summed E-state index contributed by atoms with van der Waals surface area (Å²) < 4.78 is 0. The number of nitrogens with one attached hydrogen (secondary N) is 2. The zero-order valence-corrected chi connectivity index (χ0v) is 19.5. The van der Waals surface area contributed by atoms with Gasteiger partial charge in [-0.25, -0.2) is 9.97 Å². The average molecular weight is 460 g/mol. The monoisotopic (exact) mass is 458 g/mol. The van der Waals surface area contributed by atoms with Crippen molar-refractivity contribution < 1.29 is 9.59 Å². The van der Waals surface area contributed by atoms with Gasteiger partial charge in [0.05, 0.1) is 10.0 Å². The highest BCUT2D eigenvalue weighted by Gasteiger charge is 2.22. The molecule has 0 spiro atoms. The van der Waals surface area contributed by atoms with Gasteiger partial charge in [-0.1, -0.05) is 76.3 Å². The van der Waals surface area contributed by atoms with E-state index < -0.39 is 10.8 Å². The number of rotatable bonds is 2. The molecule has 0 aliphatic heterocycles. The minimum Gasteiger partial charge on any atom is -0.310 e. The van der Waals surface area contributed by atoms with Crippen LogP contribution in [-0.4, -0.2) is 21.8 Å². The maximum Gasteiger partial charge on any atom is 0.230 e. The minimum atomic E-state index is -0.464. The fourth-order valence-corrected chi connectivity index (χ4v) is 1.98. The molecule has 2 aromatic heterocycles. The summed E-state index contributed by atoms with van der Waals surface area (Å²) >= 11 is 17.2. The van der Waals surface area contributed by atoms with Crippen molar-refractivity contribution in [3.05, 3.63) is 45.7 Å². The molecule has 2 aromatic rings. The molecule has 9 heteroatoms. The molecule has 0 aliphatic rings. The van der Waals surface area contributed by atoms with E-state index in [-0.39, 0.29) is 11.8 Å². The predicted molar refractivity (Wildman–Crippen MR) is 120 cm³/mol. The number of amides is 2. The SMILES string of the molecule is CC(C)(C)C(=O)Nc1cc(Cl)c(Cl)cn1.CC(C)(C)C(=O)Nc1cc(Cl)ccn1. The number of hydrogen-bond acceptors (Lipinski definition) is 4. The smallest absolute Gasteiger partial charge is 0.230 e. The number of aromatic nitrogens is 2. The van der Waals surface area contributed by atoms with Crippen molar-refractivity contribution in [2.24, 2.45) is 10.8 Å². The Balaban J connectivity index is 0.000000291. The highest BCUT2D eigenvalue weighted by Crippen LogP contribution is 2.24. The Labute approximate surface area is 186 Å². The summed E-state index contributed by atoms with van der Waals surface area (Å²) in [5.41, 5.74) is -0.891. The lowest BCUT2D eigenvalue weighted by Gasteiger charge is -2.17. The first-order valence-electron chi connectivity index (χ1n) is 8.75. The molecule has 0 saturated heterocycles. The van der Waals surface area contributed by atoms with Crippen molar-refractivity contribution in [3.8, 4) is 0 Å². The Morgan fingerprint density at radius 2 is 1.28 bits per heavy atom. The predicted octanol–water partition coefficient (Wildman–Crippen LogP) is 6.09. The van der Waals surface area contributed by atoms with E-state index >= 15 is 0 Å². The van der Waals surface area contributed by atoms with Crippen molar-refractivity contribution in [1.82, 2.24) is 9.97 Å². The van der Waals surface area contributed by atoms with Crippen LogP contribution in [0.15, 0.2) is 30.6 Å². The molecule has 6 nitrogen and oxygen atoms in total. The molecule has 0 aromatic carbocycles. The highest BCUT2D eigenvalue weighted by atomic mass is 35.5. The van der Waals surface area contributed by atoms with Gasteiger partial charge in [-0.15, -0.1) is 0 Å². The summed E-state index contributed by atoms with van der Waals surface area (Å²) in [7, 11) is 0. The summed E-state index contributed by atoms with van der Waals surface area (Å²) in [5.74, 6) is 0.697. The summed E-state index contributed by atoms with van der Waals surface area (Å²) in [6.07, 6.45) is 2.96. The van der Waals surface area contributed by atoms with E-state index in [0.717, 1.165) is 0 Å². The Morgan fingerprint density at radius 3 is 1.69 bits per heavy atom. The molecule has 2 heterocycles. The second-order valence-corrected chi connectivity index (χ2v) is 9.50. The summed E-state index contributed by atoms with van der Waals surface area (Å²) in [6, 6.07) is 4.80. The van der Waals surface area contributed by atoms with Gasteiger partial charge in [-0.05, 0) is 12.1 Å². The Bertz CT molecular complexity index is 875. The quantitative estimate of drug-likeness (QED) is 0.569. The van der Waals surface area contributed by atoms with Crippen molar-refractivity contribution in [1.29, 1.82) is 0 Å². The minimum absolute atomic E-state index is 0.0766. The third-order valence-electron chi connectivity index (χ3n) is 3.38. The van der Waals surface area contributed by atoms with E-state index in [2.05, 4.69) is 20.6 Å². The lowest BCUT2D eigenvalue weighted by molar-refractivity contribution is -0.123. The van der Waals surface area contributed by atoms with Crippen LogP contribution in [-0.2, 0) is 9.59 Å². The van der Waals surface area contributed by atoms with Crippen LogP contribution >= 0.6 is 34.8 Å². The number of carbonyl (C=O) groups is 2. The molecule has 2 N–H and O–H groups in total. The number of pyridine rings is 2. The van der Waals surface area contributed by atoms with Gasteiger partial charge in [0.25, 0.3) is 0 Å². The van der Waals surface area contributed by atoms with Crippen LogP contribution in [0.5, 0.6) is 0 Å². The molecule has 158 valence electrons. The number of halogens is 3. The summed E-state index contributed by atoms with van der Waals surface area (Å²) in [4.78, 5) is 31.1. The maximum absolute atomic E-state index is 11.6. The molecule has 0 aliphatic carbocycles. The van der Waals surface area contributed by atoms with Gasteiger partial charge >= 0.3 is 0 Å². The zero-order chi connectivity index (χ0) is 22.4. The molecule has 0 atom stereocenters. The second-order valence-electron chi connectivity index (χ2n) is 8.25. The number of anilines is 2. The van der Waals surface area contributed by atoms with E-state index in [0.29, 0.717) is 26.7 Å². The Hall–Kier alpha value is -1.89. The summed E-state index contributed by atoms with van der Waals surface area (Å²) in [6.45, 7) is 11.0. The van der Waals surface area contributed by atoms with Gasteiger partial charge in [0.1, 0.15) is 11.6 Å². The van der Waals surface area contributed by atoms with E-state index in [1.807, 2.05) is 41.5 Å². The van der Waals surface area contributed by atoms with Crippen molar-refractivity contribution in [2.75, 3.05) is 10.6 Å². The van der Waals surface area contributed by atoms with E-state index in [1.54, 1.807) is 18.3 Å². The Morgan fingerprint density at radius 1 is 0.793 bits per heavy atom. The fraction of sp³-hybridized carbons (Fsp3) is 0.400. The molecule has 0 fully saturated rings. The van der Waals surface area contributed by atoms with Crippen LogP contribution in [0.25, 0.3) is 0 Å². The third kappa shape index (κ3) is 8.98. The number of carbonyl (C=O) groups excluding carboxylic acids is 2. The zero-order valence-electron chi connectivity index (χ0n) is 17.2. The van der Waals surface area contributed by atoms with Gasteiger partial charge in [0.15, 0.2) is 0 Å². The van der Waals surface area contributed by atoms with Gasteiger partial charge in [-0.3, -0.25) is 9.59 Å². The van der Waals surface area contributed by atoms with Crippen molar-refractivity contribution in [3.63, 3.8) is 0 Å². The first-order chi connectivity index (χ1) is 13.2. The normalized spacial score (nSPS) is 11.2. The molecule has 0 bridgehead atoms. The fourth-order valence-electron chi connectivity index (χ4n) is 1.56. The van der Waals surface area contributed by atoms with Gasteiger partial charge < -0.3 is 10.6 Å². The topological polar surface area (TPSA) is 84.0 Å². The third-order valence-corrected chi connectivity index (χ3v) is 4.32. The largest absolute Gasteiger partial charge is 0.310 e. The molecule has 29 heavy (non-hydrogen) atoms. The highest BCUT2D eigenvalue weighted by molar-refractivity contribution is 6.42. The van der Waals surface area contributed by atoms with Gasteiger partial charge in [-0.2, -0.15) is 0 Å². The molecule has 0 radical (unpaired) electrons.